The monoisotopic (exact) mass is 111 g/mol. The van der Waals surface area contributed by atoms with Crippen molar-refractivity contribution in [3.63, 3.8) is 0 Å². The van der Waals surface area contributed by atoms with Crippen molar-refractivity contribution in [2.24, 2.45) is 0 Å². The fraction of sp³-hybridized carbons (Fsp3) is 0.429. The average molecular weight is 111 g/mol. The maximum atomic E-state index is 8.87. The molecule has 0 aromatic carbocycles. The molecule has 1 N–H and O–H groups in total. The van der Waals surface area contributed by atoms with Gasteiger partial charge in [0.1, 0.15) is 0 Å². The molecule has 0 amide bonds. The van der Waals surface area contributed by atoms with Crippen molar-refractivity contribution in [3.05, 3.63) is 25.3 Å². The highest BCUT2D eigenvalue weighted by Crippen LogP contribution is 1.96. The second kappa shape index (κ2) is 4.60. The van der Waals surface area contributed by atoms with Crippen LogP contribution in [0.4, 0.5) is 0 Å². The molecule has 0 fully saturated rings. The van der Waals surface area contributed by atoms with Crippen LogP contribution in [0.3, 0.4) is 0 Å². The highest BCUT2D eigenvalue weighted by molar-refractivity contribution is 4.77. The predicted octanol–water partition coefficient (Wildman–Crippen LogP) is 1.30. The average Bonchev–Trinajstić information content (AvgIpc) is 1.68. The third-order valence-corrected chi connectivity index (χ3v) is 0.847. The largest absolute Gasteiger partial charge is 0.392 e. The molecule has 1 unspecified atom stereocenters. The standard InChI is InChI=1S/C7H11O/c1-3-5-7(8)6-4-2/h1,3-4,7-8H,2,5-6H2. The summed E-state index contributed by atoms with van der Waals surface area (Å²) in [7, 11) is 0. The van der Waals surface area contributed by atoms with Gasteiger partial charge in [0, 0.05) is 0 Å². The molecule has 1 atom stereocenters. The van der Waals surface area contributed by atoms with E-state index in [9.17, 15) is 0 Å². The van der Waals surface area contributed by atoms with Crippen molar-refractivity contribution in [2.45, 2.75) is 18.9 Å². The number of aliphatic hydroxyl groups excluding tert-OH is 1. The Kier molecular flexibility index (Phi) is 4.27. The molecule has 0 aliphatic rings. The summed E-state index contributed by atoms with van der Waals surface area (Å²) in [5.74, 6) is 0. The van der Waals surface area contributed by atoms with Gasteiger partial charge in [-0.15, -0.1) is 6.58 Å². The first kappa shape index (κ1) is 7.44. The first-order chi connectivity index (χ1) is 3.81. The van der Waals surface area contributed by atoms with Crippen molar-refractivity contribution in [2.75, 3.05) is 0 Å². The van der Waals surface area contributed by atoms with Gasteiger partial charge in [-0.05, 0) is 12.8 Å². The second-order valence-corrected chi connectivity index (χ2v) is 1.65. The Bertz CT molecular complexity index is 66.5. The lowest BCUT2D eigenvalue weighted by Gasteiger charge is -2.00. The molecule has 0 aliphatic heterocycles. The van der Waals surface area contributed by atoms with E-state index in [0.29, 0.717) is 12.8 Å². The van der Waals surface area contributed by atoms with Crippen molar-refractivity contribution < 1.29 is 5.11 Å². The van der Waals surface area contributed by atoms with Crippen molar-refractivity contribution >= 4 is 0 Å². The zero-order valence-electron chi connectivity index (χ0n) is 4.88. The molecule has 0 aromatic rings. The second-order valence-electron chi connectivity index (χ2n) is 1.65. The van der Waals surface area contributed by atoms with Crippen molar-refractivity contribution in [1.29, 1.82) is 0 Å². The lowest BCUT2D eigenvalue weighted by molar-refractivity contribution is 0.181. The van der Waals surface area contributed by atoms with E-state index in [1.807, 2.05) is 0 Å². The molecule has 8 heavy (non-hydrogen) atoms. The van der Waals surface area contributed by atoms with Crippen molar-refractivity contribution in [3.8, 4) is 0 Å². The van der Waals surface area contributed by atoms with Crippen LogP contribution in [-0.4, -0.2) is 11.2 Å². The summed E-state index contributed by atoms with van der Waals surface area (Å²) in [6, 6.07) is 0. The molecule has 0 saturated carbocycles. The van der Waals surface area contributed by atoms with E-state index in [1.165, 1.54) is 6.08 Å². The summed E-state index contributed by atoms with van der Waals surface area (Å²) in [6.07, 6.45) is 3.96. The van der Waals surface area contributed by atoms with Gasteiger partial charge in [0.15, 0.2) is 0 Å². The van der Waals surface area contributed by atoms with Crippen LogP contribution >= 0.6 is 0 Å². The molecule has 0 bridgehead atoms. The van der Waals surface area contributed by atoms with Gasteiger partial charge in [-0.2, -0.15) is 0 Å². The SMILES string of the molecule is [CH]=CCC(O)CC=C. The van der Waals surface area contributed by atoms with E-state index in [1.54, 1.807) is 6.08 Å². The topological polar surface area (TPSA) is 20.2 Å². The summed E-state index contributed by atoms with van der Waals surface area (Å²) in [5.41, 5.74) is 0. The molecule has 1 radical (unpaired) electrons. The number of hydrogen-bond donors (Lipinski definition) is 1. The van der Waals surface area contributed by atoms with E-state index in [4.69, 9.17) is 11.7 Å². The van der Waals surface area contributed by atoms with E-state index in [-0.39, 0.29) is 6.10 Å². The molecule has 1 heteroatoms. The quantitative estimate of drug-likeness (QED) is 0.542. The fourth-order valence-corrected chi connectivity index (χ4v) is 0.446. The normalized spacial score (nSPS) is 12.6. The van der Waals surface area contributed by atoms with E-state index >= 15 is 0 Å². The molecule has 0 rings (SSSR count). The molecule has 0 aliphatic carbocycles. The third kappa shape index (κ3) is 3.62. The number of rotatable bonds is 4. The van der Waals surface area contributed by atoms with Gasteiger partial charge in [-0.1, -0.05) is 18.7 Å². The van der Waals surface area contributed by atoms with Gasteiger partial charge in [-0.25, -0.2) is 0 Å². The zero-order valence-corrected chi connectivity index (χ0v) is 4.88. The first-order valence-corrected chi connectivity index (χ1v) is 2.63. The van der Waals surface area contributed by atoms with Crippen LogP contribution in [0.2, 0.25) is 0 Å². The third-order valence-electron chi connectivity index (χ3n) is 0.847. The minimum absolute atomic E-state index is 0.336. The molecule has 0 saturated heterocycles. The van der Waals surface area contributed by atoms with Crippen LogP contribution in [0.15, 0.2) is 18.7 Å². The molecule has 45 valence electrons. The molecule has 1 nitrogen and oxygen atoms in total. The van der Waals surface area contributed by atoms with Gasteiger partial charge >= 0.3 is 0 Å². The summed E-state index contributed by atoms with van der Waals surface area (Å²) in [5, 5.41) is 8.87. The van der Waals surface area contributed by atoms with Crippen LogP contribution < -0.4 is 0 Å². The molecular weight excluding hydrogens is 100 g/mol. The number of aliphatic hydroxyl groups is 1. The maximum Gasteiger partial charge on any atom is 0.0609 e. The van der Waals surface area contributed by atoms with Crippen LogP contribution in [-0.2, 0) is 0 Å². The highest BCUT2D eigenvalue weighted by Gasteiger charge is 1.94. The zero-order chi connectivity index (χ0) is 6.41. The van der Waals surface area contributed by atoms with E-state index in [0.717, 1.165) is 0 Å². The van der Waals surface area contributed by atoms with Crippen LogP contribution in [0.25, 0.3) is 0 Å². The highest BCUT2D eigenvalue weighted by atomic mass is 16.3. The van der Waals surface area contributed by atoms with Gasteiger partial charge in [0.2, 0.25) is 0 Å². The van der Waals surface area contributed by atoms with Crippen LogP contribution in [0, 0.1) is 6.58 Å². The van der Waals surface area contributed by atoms with Crippen molar-refractivity contribution in [1.82, 2.24) is 0 Å². The Morgan fingerprint density at radius 2 is 2.25 bits per heavy atom. The Balaban J connectivity index is 3.16. The van der Waals surface area contributed by atoms with Crippen LogP contribution in [0.5, 0.6) is 0 Å². The predicted molar refractivity (Wildman–Crippen MR) is 34.3 cm³/mol. The van der Waals surface area contributed by atoms with Gasteiger partial charge < -0.3 is 5.11 Å². The lowest BCUT2D eigenvalue weighted by atomic mass is 10.2. The molecule has 0 heterocycles. The summed E-state index contributed by atoms with van der Waals surface area (Å²) < 4.78 is 0. The Morgan fingerprint density at radius 1 is 1.62 bits per heavy atom. The molecular formula is C7H11O. The summed E-state index contributed by atoms with van der Waals surface area (Å²) in [6.45, 7) is 8.51. The van der Waals surface area contributed by atoms with E-state index < -0.39 is 0 Å². The van der Waals surface area contributed by atoms with Gasteiger partial charge in [0.05, 0.1) is 6.10 Å². The Hall–Kier alpha value is -0.560. The van der Waals surface area contributed by atoms with E-state index in [2.05, 4.69) is 6.58 Å². The molecule has 0 aromatic heterocycles. The van der Waals surface area contributed by atoms with Crippen LogP contribution in [0.1, 0.15) is 12.8 Å². The Morgan fingerprint density at radius 3 is 2.62 bits per heavy atom. The lowest BCUT2D eigenvalue weighted by Crippen LogP contribution is -2.01. The minimum atomic E-state index is -0.336. The summed E-state index contributed by atoms with van der Waals surface area (Å²) >= 11 is 0. The van der Waals surface area contributed by atoms with Gasteiger partial charge in [0.25, 0.3) is 0 Å². The first-order valence-electron chi connectivity index (χ1n) is 2.63. The Labute approximate surface area is 50.3 Å². The maximum absolute atomic E-state index is 8.87. The smallest absolute Gasteiger partial charge is 0.0609 e. The minimum Gasteiger partial charge on any atom is -0.392 e. The summed E-state index contributed by atoms with van der Waals surface area (Å²) in [4.78, 5) is 0. The molecule has 0 spiro atoms. The number of hydrogen-bond acceptors (Lipinski definition) is 1. The van der Waals surface area contributed by atoms with Gasteiger partial charge in [-0.3, -0.25) is 0 Å². The fourth-order valence-electron chi connectivity index (χ4n) is 0.446.